The summed E-state index contributed by atoms with van der Waals surface area (Å²) in [5.41, 5.74) is 1.02. The smallest absolute Gasteiger partial charge is 0.224 e. The molecule has 2 N–H and O–H groups in total. The number of hydrogen-bond acceptors (Lipinski definition) is 5. The molecular formula is C15H17FN4O. The fourth-order valence-electron chi connectivity index (χ4n) is 2.37. The normalized spacial score (nSPS) is 16.8. The van der Waals surface area contributed by atoms with Crippen LogP contribution in [0.3, 0.4) is 0 Å². The minimum atomic E-state index is -0.458. The Morgan fingerprint density at radius 1 is 1.38 bits per heavy atom. The summed E-state index contributed by atoms with van der Waals surface area (Å²) in [6, 6.07) is 7.76. The molecule has 1 aliphatic heterocycles. The number of hydrogen-bond donors (Lipinski definition) is 2. The third-order valence-electron chi connectivity index (χ3n) is 3.35. The van der Waals surface area contributed by atoms with E-state index in [1.54, 1.807) is 0 Å². The summed E-state index contributed by atoms with van der Waals surface area (Å²) in [4.78, 5) is 8.08. The fraction of sp³-hybridized carbons (Fsp3) is 0.333. The van der Waals surface area contributed by atoms with Crippen molar-refractivity contribution < 1.29 is 9.13 Å². The van der Waals surface area contributed by atoms with Gasteiger partial charge < -0.3 is 15.4 Å². The van der Waals surface area contributed by atoms with Crippen LogP contribution in [0, 0.1) is 5.82 Å². The first-order chi connectivity index (χ1) is 10.3. The van der Waals surface area contributed by atoms with Gasteiger partial charge in [0, 0.05) is 18.5 Å². The van der Waals surface area contributed by atoms with Crippen molar-refractivity contribution in [3.63, 3.8) is 0 Å². The van der Waals surface area contributed by atoms with E-state index in [0.717, 1.165) is 17.7 Å². The number of rotatable bonds is 4. The molecule has 5 nitrogen and oxygen atoms in total. The lowest BCUT2D eigenvalue weighted by Gasteiger charge is -2.27. The number of fused-ring (bicyclic) bond motifs is 1. The third-order valence-corrected chi connectivity index (χ3v) is 3.35. The monoisotopic (exact) mass is 288 g/mol. The lowest BCUT2D eigenvalue weighted by Crippen LogP contribution is -2.21. The second kappa shape index (κ2) is 5.95. The summed E-state index contributed by atoms with van der Waals surface area (Å²) >= 11 is 0. The van der Waals surface area contributed by atoms with Gasteiger partial charge in [-0.25, -0.2) is 9.37 Å². The highest BCUT2D eigenvalue weighted by Gasteiger charge is 2.22. The number of benzene rings is 1. The molecule has 0 spiro atoms. The van der Waals surface area contributed by atoms with Crippen molar-refractivity contribution in [1.29, 1.82) is 0 Å². The Morgan fingerprint density at radius 2 is 2.24 bits per heavy atom. The van der Waals surface area contributed by atoms with Crippen molar-refractivity contribution in [2.75, 3.05) is 23.8 Å². The fourth-order valence-corrected chi connectivity index (χ4v) is 2.37. The molecule has 110 valence electrons. The van der Waals surface area contributed by atoms with Crippen LogP contribution >= 0.6 is 0 Å². The lowest BCUT2D eigenvalue weighted by molar-refractivity contribution is 0.274. The van der Waals surface area contributed by atoms with Crippen LogP contribution in [0.5, 0.6) is 5.75 Å². The van der Waals surface area contributed by atoms with Crippen LogP contribution in [-0.4, -0.2) is 23.1 Å². The Balaban J connectivity index is 1.86. The van der Waals surface area contributed by atoms with Gasteiger partial charge in [0.05, 0.1) is 18.8 Å². The molecule has 3 rings (SSSR count). The first kappa shape index (κ1) is 13.6. The molecule has 1 aromatic carbocycles. The number of nitrogens with one attached hydrogen (secondary N) is 2. The van der Waals surface area contributed by atoms with Crippen LogP contribution in [0.15, 0.2) is 30.5 Å². The Hall–Kier alpha value is -2.37. The van der Waals surface area contributed by atoms with E-state index >= 15 is 0 Å². The first-order valence-electron chi connectivity index (χ1n) is 7.02. The minimum Gasteiger partial charge on any atom is -0.493 e. The molecule has 1 aromatic heterocycles. The predicted octanol–water partition coefficient (Wildman–Crippen LogP) is 2.98. The minimum absolute atomic E-state index is 0.0196. The summed E-state index contributed by atoms with van der Waals surface area (Å²) in [5, 5.41) is 6.14. The van der Waals surface area contributed by atoms with E-state index in [1.165, 1.54) is 6.20 Å². The van der Waals surface area contributed by atoms with E-state index in [0.29, 0.717) is 19.1 Å². The van der Waals surface area contributed by atoms with Gasteiger partial charge in [0.25, 0.3) is 0 Å². The van der Waals surface area contributed by atoms with Gasteiger partial charge in [-0.05, 0) is 13.0 Å². The molecule has 0 bridgehead atoms. The molecule has 0 radical (unpaired) electrons. The second-order valence-corrected chi connectivity index (χ2v) is 4.79. The molecule has 1 aliphatic rings. The maximum atomic E-state index is 13.9. The van der Waals surface area contributed by atoms with Crippen molar-refractivity contribution in [2.45, 2.75) is 19.4 Å². The molecule has 0 aliphatic carbocycles. The number of ether oxygens (including phenoxy) is 1. The van der Waals surface area contributed by atoms with E-state index in [-0.39, 0.29) is 11.9 Å². The second-order valence-electron chi connectivity index (χ2n) is 4.79. The molecule has 1 unspecified atom stereocenters. The van der Waals surface area contributed by atoms with Gasteiger partial charge in [0.2, 0.25) is 5.95 Å². The maximum absolute atomic E-state index is 13.9. The van der Waals surface area contributed by atoms with Crippen LogP contribution in [0.2, 0.25) is 0 Å². The average Bonchev–Trinajstić information content (AvgIpc) is 2.51. The summed E-state index contributed by atoms with van der Waals surface area (Å²) in [6.07, 6.45) is 1.94. The average molecular weight is 288 g/mol. The molecular weight excluding hydrogens is 271 g/mol. The highest BCUT2D eigenvalue weighted by atomic mass is 19.1. The van der Waals surface area contributed by atoms with Crippen molar-refractivity contribution in [2.24, 2.45) is 0 Å². The quantitative estimate of drug-likeness (QED) is 0.905. The van der Waals surface area contributed by atoms with Gasteiger partial charge in [-0.3, -0.25) is 0 Å². The molecule has 0 fully saturated rings. The highest BCUT2D eigenvalue weighted by Crippen LogP contribution is 2.34. The van der Waals surface area contributed by atoms with Crippen molar-refractivity contribution >= 4 is 11.8 Å². The highest BCUT2D eigenvalue weighted by molar-refractivity contribution is 5.47. The van der Waals surface area contributed by atoms with Crippen LogP contribution < -0.4 is 15.4 Å². The zero-order valence-electron chi connectivity index (χ0n) is 11.8. The summed E-state index contributed by atoms with van der Waals surface area (Å²) in [7, 11) is 0. The van der Waals surface area contributed by atoms with Gasteiger partial charge in [-0.15, -0.1) is 0 Å². The number of para-hydroxylation sites is 1. The molecule has 2 aromatic rings. The predicted molar refractivity (Wildman–Crippen MR) is 79.1 cm³/mol. The van der Waals surface area contributed by atoms with E-state index < -0.39 is 5.82 Å². The number of anilines is 2. The Labute approximate surface area is 122 Å². The van der Waals surface area contributed by atoms with Crippen molar-refractivity contribution in [1.82, 2.24) is 9.97 Å². The Kier molecular flexibility index (Phi) is 3.85. The number of halogens is 1. The van der Waals surface area contributed by atoms with Crippen LogP contribution in [0.25, 0.3) is 0 Å². The van der Waals surface area contributed by atoms with Gasteiger partial charge in [0.15, 0.2) is 11.6 Å². The van der Waals surface area contributed by atoms with Gasteiger partial charge in [0.1, 0.15) is 5.75 Å². The summed E-state index contributed by atoms with van der Waals surface area (Å²) in [5.74, 6) is 1.01. The molecule has 0 amide bonds. The number of nitrogens with zero attached hydrogens (tertiary/aromatic N) is 2. The van der Waals surface area contributed by atoms with E-state index in [9.17, 15) is 4.39 Å². The van der Waals surface area contributed by atoms with Crippen LogP contribution in [0.4, 0.5) is 16.2 Å². The van der Waals surface area contributed by atoms with Crippen molar-refractivity contribution in [3.05, 3.63) is 41.8 Å². The van der Waals surface area contributed by atoms with Crippen molar-refractivity contribution in [3.8, 4) is 5.75 Å². The van der Waals surface area contributed by atoms with E-state index in [1.807, 2.05) is 31.2 Å². The van der Waals surface area contributed by atoms with Crippen LogP contribution in [-0.2, 0) is 0 Å². The SMILES string of the molecule is CCNc1ncc(F)c(NC2CCOc3ccccc32)n1. The zero-order chi connectivity index (χ0) is 14.7. The lowest BCUT2D eigenvalue weighted by atomic mass is 10.0. The van der Waals surface area contributed by atoms with Gasteiger partial charge in [-0.2, -0.15) is 4.98 Å². The molecule has 0 saturated carbocycles. The Bertz CT molecular complexity index is 635. The van der Waals surface area contributed by atoms with Gasteiger partial charge in [-0.1, -0.05) is 18.2 Å². The standard InChI is InChI=1S/C15H17FN4O/c1-2-17-15-18-9-11(16)14(20-15)19-12-7-8-21-13-6-4-3-5-10(12)13/h3-6,9,12H,2,7-8H2,1H3,(H2,17,18,19,20). The van der Waals surface area contributed by atoms with E-state index in [4.69, 9.17) is 4.74 Å². The topological polar surface area (TPSA) is 59.1 Å². The number of aromatic nitrogens is 2. The molecule has 0 saturated heterocycles. The zero-order valence-corrected chi connectivity index (χ0v) is 11.8. The summed E-state index contributed by atoms with van der Waals surface area (Å²) in [6.45, 7) is 3.22. The maximum Gasteiger partial charge on any atom is 0.224 e. The molecule has 1 atom stereocenters. The Morgan fingerprint density at radius 3 is 3.10 bits per heavy atom. The molecule has 21 heavy (non-hydrogen) atoms. The molecule has 6 heteroatoms. The van der Waals surface area contributed by atoms with Gasteiger partial charge >= 0.3 is 0 Å². The largest absolute Gasteiger partial charge is 0.493 e. The molecule has 2 heterocycles. The summed E-state index contributed by atoms with van der Waals surface area (Å²) < 4.78 is 19.5. The van der Waals surface area contributed by atoms with E-state index in [2.05, 4.69) is 20.6 Å². The first-order valence-corrected chi connectivity index (χ1v) is 7.02. The van der Waals surface area contributed by atoms with Crippen LogP contribution in [0.1, 0.15) is 24.9 Å². The third kappa shape index (κ3) is 2.89.